The molecule has 3 rings (SSSR count). The summed E-state index contributed by atoms with van der Waals surface area (Å²) in [6.07, 6.45) is 2.12. The van der Waals surface area contributed by atoms with Crippen LogP contribution in [0.4, 0.5) is 11.4 Å². The number of methoxy groups -OCH3 is 2. The number of amides is 2. The van der Waals surface area contributed by atoms with Gasteiger partial charge in [0.25, 0.3) is 5.91 Å². The van der Waals surface area contributed by atoms with Crippen molar-refractivity contribution >= 4 is 34.8 Å². The summed E-state index contributed by atoms with van der Waals surface area (Å²) < 4.78 is 10.4. The maximum Gasteiger partial charge on any atom is 0.253 e. The van der Waals surface area contributed by atoms with Crippen LogP contribution in [0.2, 0.25) is 5.02 Å². The van der Waals surface area contributed by atoms with Gasteiger partial charge in [0.05, 0.1) is 31.5 Å². The molecule has 1 fully saturated rings. The number of carbonyl (C=O) groups excluding carboxylic acids is 2. The summed E-state index contributed by atoms with van der Waals surface area (Å²) in [7, 11) is 3.01. The molecule has 0 aromatic heterocycles. The molecule has 0 spiro atoms. The maximum absolute atomic E-state index is 12.4. The lowest BCUT2D eigenvalue weighted by Gasteiger charge is -2.15. The minimum absolute atomic E-state index is 0.0478. The zero-order valence-electron chi connectivity index (χ0n) is 16.5. The van der Waals surface area contributed by atoms with E-state index in [9.17, 15) is 9.59 Å². The molecule has 0 bridgehead atoms. The van der Waals surface area contributed by atoms with Crippen LogP contribution >= 0.6 is 11.6 Å². The summed E-state index contributed by atoms with van der Waals surface area (Å²) in [4.78, 5) is 26.5. The van der Waals surface area contributed by atoms with Crippen LogP contribution in [-0.2, 0) is 4.79 Å². The minimum Gasteiger partial charge on any atom is -0.495 e. The molecule has 2 amide bonds. The summed E-state index contributed by atoms with van der Waals surface area (Å²) in [6.45, 7) is 1.68. The first-order chi connectivity index (χ1) is 14.0. The average molecular weight is 418 g/mol. The Morgan fingerprint density at radius 1 is 1.03 bits per heavy atom. The van der Waals surface area contributed by atoms with E-state index in [1.165, 1.54) is 14.2 Å². The number of nitrogens with one attached hydrogen (secondary N) is 2. The molecule has 0 unspecified atom stereocenters. The van der Waals surface area contributed by atoms with Crippen molar-refractivity contribution in [2.24, 2.45) is 0 Å². The van der Waals surface area contributed by atoms with Gasteiger partial charge in [-0.2, -0.15) is 0 Å². The van der Waals surface area contributed by atoms with Gasteiger partial charge in [0, 0.05) is 30.4 Å². The lowest BCUT2D eigenvalue weighted by atomic mass is 10.2. The van der Waals surface area contributed by atoms with Crippen LogP contribution in [0.15, 0.2) is 36.4 Å². The van der Waals surface area contributed by atoms with Gasteiger partial charge < -0.3 is 25.0 Å². The third-order valence-corrected chi connectivity index (χ3v) is 5.02. The Bertz CT molecular complexity index is 880. The predicted molar refractivity (Wildman–Crippen MR) is 113 cm³/mol. The number of hydrogen-bond donors (Lipinski definition) is 2. The summed E-state index contributed by atoms with van der Waals surface area (Å²) in [5.41, 5.74) is 1.86. The minimum atomic E-state index is -0.262. The van der Waals surface area contributed by atoms with Crippen molar-refractivity contribution in [2.45, 2.75) is 12.8 Å². The fourth-order valence-electron chi connectivity index (χ4n) is 3.17. The molecule has 0 saturated carbocycles. The van der Waals surface area contributed by atoms with Crippen molar-refractivity contribution in [1.82, 2.24) is 4.90 Å². The van der Waals surface area contributed by atoms with Crippen LogP contribution in [0.5, 0.6) is 11.5 Å². The van der Waals surface area contributed by atoms with Gasteiger partial charge >= 0.3 is 0 Å². The molecule has 29 heavy (non-hydrogen) atoms. The van der Waals surface area contributed by atoms with Gasteiger partial charge in [-0.05, 0) is 43.2 Å². The standard InChI is InChI=1S/C21H24ClN3O4/c1-28-18-12-19(29-2)17(11-16(18)22)24-20(26)13-23-15-7-5-14(6-8-15)21(27)25-9-3-4-10-25/h5-8,11-12,23H,3-4,9-10,13H2,1-2H3,(H,24,26). The van der Waals surface area contributed by atoms with E-state index in [-0.39, 0.29) is 18.4 Å². The van der Waals surface area contributed by atoms with Gasteiger partial charge in [-0.3, -0.25) is 9.59 Å². The molecule has 7 nitrogen and oxygen atoms in total. The van der Waals surface area contributed by atoms with E-state index in [1.807, 2.05) is 4.90 Å². The second-order valence-corrected chi connectivity index (χ2v) is 7.07. The van der Waals surface area contributed by atoms with E-state index in [1.54, 1.807) is 36.4 Å². The van der Waals surface area contributed by atoms with Crippen molar-refractivity contribution in [3.05, 3.63) is 47.0 Å². The van der Waals surface area contributed by atoms with Crippen LogP contribution < -0.4 is 20.1 Å². The Hall–Kier alpha value is -2.93. The van der Waals surface area contributed by atoms with Crippen LogP contribution in [0.1, 0.15) is 23.2 Å². The van der Waals surface area contributed by atoms with Crippen LogP contribution in [0, 0.1) is 0 Å². The van der Waals surface area contributed by atoms with Gasteiger partial charge in [0.15, 0.2) is 0 Å². The molecule has 1 heterocycles. The van der Waals surface area contributed by atoms with Crippen molar-refractivity contribution in [3.8, 4) is 11.5 Å². The molecule has 1 saturated heterocycles. The van der Waals surface area contributed by atoms with Crippen molar-refractivity contribution in [2.75, 3.05) is 44.5 Å². The van der Waals surface area contributed by atoms with E-state index < -0.39 is 0 Å². The van der Waals surface area contributed by atoms with Crippen molar-refractivity contribution < 1.29 is 19.1 Å². The van der Waals surface area contributed by atoms with Crippen LogP contribution in [-0.4, -0.2) is 50.6 Å². The Balaban J connectivity index is 1.57. The number of ether oxygens (including phenoxy) is 2. The molecule has 8 heteroatoms. The van der Waals surface area contributed by atoms with Gasteiger partial charge in [0.1, 0.15) is 11.5 Å². The molecule has 0 aliphatic carbocycles. The molecular formula is C21H24ClN3O4. The highest BCUT2D eigenvalue weighted by atomic mass is 35.5. The second kappa shape index (κ2) is 9.52. The number of nitrogens with zero attached hydrogens (tertiary/aromatic N) is 1. The summed E-state index contributed by atoms with van der Waals surface area (Å²) in [5.74, 6) is 0.699. The van der Waals surface area contributed by atoms with E-state index in [2.05, 4.69) is 10.6 Å². The molecule has 154 valence electrons. The van der Waals surface area contributed by atoms with Gasteiger partial charge in [-0.15, -0.1) is 0 Å². The number of anilines is 2. The third kappa shape index (κ3) is 5.12. The molecule has 2 aromatic rings. The molecular weight excluding hydrogens is 394 g/mol. The smallest absolute Gasteiger partial charge is 0.253 e. The van der Waals surface area contributed by atoms with Crippen molar-refractivity contribution in [1.29, 1.82) is 0 Å². The average Bonchev–Trinajstić information content (AvgIpc) is 3.27. The predicted octanol–water partition coefficient (Wildman–Crippen LogP) is 3.64. The zero-order chi connectivity index (χ0) is 20.8. The quantitative estimate of drug-likeness (QED) is 0.718. The largest absolute Gasteiger partial charge is 0.495 e. The first kappa shape index (κ1) is 20.8. The molecule has 0 atom stereocenters. The number of benzene rings is 2. The summed E-state index contributed by atoms with van der Waals surface area (Å²) in [5, 5.41) is 6.17. The van der Waals surface area contributed by atoms with Gasteiger partial charge in [-0.1, -0.05) is 11.6 Å². The Labute approximate surface area is 174 Å². The molecule has 2 aromatic carbocycles. The number of likely N-dealkylation sites (tertiary alicyclic amines) is 1. The summed E-state index contributed by atoms with van der Waals surface area (Å²) >= 11 is 6.12. The maximum atomic E-state index is 12.4. The van der Waals surface area contributed by atoms with Gasteiger partial charge in [-0.25, -0.2) is 0 Å². The Morgan fingerprint density at radius 3 is 2.31 bits per heavy atom. The van der Waals surface area contributed by atoms with E-state index in [0.29, 0.717) is 27.8 Å². The van der Waals surface area contributed by atoms with Crippen molar-refractivity contribution in [3.63, 3.8) is 0 Å². The molecule has 1 aliphatic heterocycles. The monoisotopic (exact) mass is 417 g/mol. The molecule has 1 aliphatic rings. The second-order valence-electron chi connectivity index (χ2n) is 6.67. The number of rotatable bonds is 7. The Morgan fingerprint density at radius 2 is 1.69 bits per heavy atom. The highest BCUT2D eigenvalue weighted by molar-refractivity contribution is 6.32. The number of carbonyl (C=O) groups is 2. The summed E-state index contributed by atoms with van der Waals surface area (Å²) in [6, 6.07) is 10.3. The molecule has 2 N–H and O–H groups in total. The SMILES string of the molecule is COc1cc(OC)c(NC(=O)CNc2ccc(C(=O)N3CCCC3)cc2)cc1Cl. The number of hydrogen-bond acceptors (Lipinski definition) is 5. The normalized spacial score (nSPS) is 13.1. The Kier molecular flexibility index (Phi) is 6.82. The van der Waals surface area contributed by atoms with E-state index in [0.717, 1.165) is 31.6 Å². The fraction of sp³-hybridized carbons (Fsp3) is 0.333. The fourth-order valence-corrected chi connectivity index (χ4v) is 3.41. The van der Waals surface area contributed by atoms with Gasteiger partial charge in [0.2, 0.25) is 5.91 Å². The lowest BCUT2D eigenvalue weighted by Crippen LogP contribution is -2.27. The topological polar surface area (TPSA) is 79.9 Å². The third-order valence-electron chi connectivity index (χ3n) is 4.73. The lowest BCUT2D eigenvalue weighted by molar-refractivity contribution is -0.114. The zero-order valence-corrected chi connectivity index (χ0v) is 17.2. The highest BCUT2D eigenvalue weighted by Crippen LogP contribution is 2.35. The molecule has 0 radical (unpaired) electrons. The van der Waals surface area contributed by atoms with E-state index >= 15 is 0 Å². The first-order valence-corrected chi connectivity index (χ1v) is 9.74. The number of halogens is 1. The van der Waals surface area contributed by atoms with E-state index in [4.69, 9.17) is 21.1 Å². The highest BCUT2D eigenvalue weighted by Gasteiger charge is 2.19. The van der Waals surface area contributed by atoms with Crippen LogP contribution in [0.25, 0.3) is 0 Å². The van der Waals surface area contributed by atoms with Crippen LogP contribution in [0.3, 0.4) is 0 Å². The first-order valence-electron chi connectivity index (χ1n) is 9.36.